The predicted molar refractivity (Wildman–Crippen MR) is 178 cm³/mol. The highest BCUT2D eigenvalue weighted by molar-refractivity contribution is 5.94. The van der Waals surface area contributed by atoms with Crippen LogP contribution in [0.5, 0.6) is 23.0 Å². The summed E-state index contributed by atoms with van der Waals surface area (Å²) in [7, 11) is 6.34. The summed E-state index contributed by atoms with van der Waals surface area (Å²) in [5.41, 5.74) is 2.18. The van der Waals surface area contributed by atoms with Crippen LogP contribution in [0.4, 0.5) is 23.5 Å². The molecule has 0 saturated carbocycles. The van der Waals surface area contributed by atoms with Gasteiger partial charge in [-0.2, -0.15) is 15.0 Å². The summed E-state index contributed by atoms with van der Waals surface area (Å²) < 4.78 is 33.0. The standard InChI is InChI=1S/C33H41N7O7/c1-42-26-14-13-25(21-28(26)44-3)37-33-39-31(38-32(40-33)36-22-24-11-8-12-27(43-2)29(24)45-4)35-16-18-47-20-19-46-17-15-34-30(41)23-9-6-5-7-10-23/h5-14,21H,15-20,22H2,1-4H3,(H,34,41)(H3,35,36,37,38,39,40). The Balaban J connectivity index is 1.30. The molecule has 4 N–H and O–H groups in total. The number of nitrogens with one attached hydrogen (secondary N) is 4. The van der Waals surface area contributed by atoms with Crippen molar-refractivity contribution >= 4 is 29.4 Å². The van der Waals surface area contributed by atoms with Crippen molar-refractivity contribution in [2.24, 2.45) is 0 Å². The largest absolute Gasteiger partial charge is 0.493 e. The summed E-state index contributed by atoms with van der Waals surface area (Å²) in [6.07, 6.45) is 0. The highest BCUT2D eigenvalue weighted by Crippen LogP contribution is 2.32. The number of methoxy groups -OCH3 is 4. The lowest BCUT2D eigenvalue weighted by Crippen LogP contribution is -2.27. The zero-order valence-electron chi connectivity index (χ0n) is 27.0. The van der Waals surface area contributed by atoms with Crippen LogP contribution in [0.3, 0.4) is 0 Å². The maximum absolute atomic E-state index is 12.1. The van der Waals surface area contributed by atoms with E-state index in [-0.39, 0.29) is 5.91 Å². The van der Waals surface area contributed by atoms with Gasteiger partial charge in [0.1, 0.15) is 0 Å². The van der Waals surface area contributed by atoms with Crippen molar-refractivity contribution in [2.75, 3.05) is 83.9 Å². The van der Waals surface area contributed by atoms with Gasteiger partial charge in [0, 0.05) is 42.5 Å². The van der Waals surface area contributed by atoms with Crippen molar-refractivity contribution in [3.05, 3.63) is 77.9 Å². The minimum absolute atomic E-state index is 0.129. The smallest absolute Gasteiger partial charge is 0.251 e. The van der Waals surface area contributed by atoms with Gasteiger partial charge in [-0.3, -0.25) is 4.79 Å². The third-order valence-corrected chi connectivity index (χ3v) is 6.67. The molecule has 0 aliphatic heterocycles. The third-order valence-electron chi connectivity index (χ3n) is 6.67. The van der Waals surface area contributed by atoms with Gasteiger partial charge in [0.25, 0.3) is 5.91 Å². The average molecular weight is 648 g/mol. The molecule has 0 bridgehead atoms. The number of hydrogen-bond donors (Lipinski definition) is 4. The molecule has 0 aliphatic rings. The monoisotopic (exact) mass is 647 g/mol. The summed E-state index contributed by atoms with van der Waals surface area (Å²) in [4.78, 5) is 25.7. The summed E-state index contributed by atoms with van der Waals surface area (Å²) in [5.74, 6) is 3.27. The second-order valence-electron chi connectivity index (χ2n) is 9.78. The highest BCUT2D eigenvalue weighted by atomic mass is 16.5. The van der Waals surface area contributed by atoms with Crippen molar-refractivity contribution in [1.82, 2.24) is 20.3 Å². The lowest BCUT2D eigenvalue weighted by atomic mass is 10.2. The highest BCUT2D eigenvalue weighted by Gasteiger charge is 2.13. The van der Waals surface area contributed by atoms with E-state index in [4.69, 9.17) is 28.4 Å². The van der Waals surface area contributed by atoms with Gasteiger partial charge in [0.15, 0.2) is 23.0 Å². The molecule has 1 heterocycles. The number of rotatable bonds is 20. The Morgan fingerprint density at radius 2 is 1.32 bits per heavy atom. The molecule has 14 nitrogen and oxygen atoms in total. The zero-order valence-corrected chi connectivity index (χ0v) is 27.0. The molecule has 0 aliphatic carbocycles. The summed E-state index contributed by atoms with van der Waals surface area (Å²) in [6, 6.07) is 20.1. The van der Waals surface area contributed by atoms with E-state index in [9.17, 15) is 4.79 Å². The van der Waals surface area contributed by atoms with Crippen LogP contribution in [0.15, 0.2) is 66.7 Å². The first-order valence-electron chi connectivity index (χ1n) is 15.0. The van der Waals surface area contributed by atoms with Gasteiger partial charge in [-0.1, -0.05) is 30.3 Å². The fraction of sp³-hybridized carbons (Fsp3) is 0.333. The van der Waals surface area contributed by atoms with Gasteiger partial charge in [0.2, 0.25) is 17.8 Å². The van der Waals surface area contributed by atoms with Crippen molar-refractivity contribution in [2.45, 2.75) is 6.54 Å². The maximum atomic E-state index is 12.1. The molecule has 250 valence electrons. The first-order valence-corrected chi connectivity index (χ1v) is 15.0. The summed E-state index contributed by atoms with van der Waals surface area (Å²) >= 11 is 0. The molecule has 4 aromatic rings. The lowest BCUT2D eigenvalue weighted by molar-refractivity contribution is 0.0519. The number of nitrogens with zero attached hydrogens (tertiary/aromatic N) is 3. The van der Waals surface area contributed by atoms with E-state index in [2.05, 4.69) is 36.2 Å². The first-order chi connectivity index (χ1) is 23.0. The SMILES string of the molecule is COc1ccc(Nc2nc(NCCOCCOCCNC(=O)c3ccccc3)nc(NCc3cccc(OC)c3OC)n2)cc1OC. The second kappa shape index (κ2) is 18.6. The fourth-order valence-electron chi connectivity index (χ4n) is 4.39. The van der Waals surface area contributed by atoms with Gasteiger partial charge >= 0.3 is 0 Å². The Kier molecular flexibility index (Phi) is 13.7. The van der Waals surface area contributed by atoms with Gasteiger partial charge in [-0.15, -0.1) is 0 Å². The molecule has 0 fully saturated rings. The van der Waals surface area contributed by atoms with Crippen molar-refractivity contribution in [3.63, 3.8) is 0 Å². The van der Waals surface area contributed by atoms with Gasteiger partial charge in [0.05, 0.1) is 54.9 Å². The Hall–Kier alpha value is -5.34. The van der Waals surface area contributed by atoms with Crippen LogP contribution in [0.1, 0.15) is 15.9 Å². The number of amides is 1. The number of hydrogen-bond acceptors (Lipinski definition) is 13. The molecule has 3 aromatic carbocycles. The topological polar surface area (TPSA) is 159 Å². The minimum Gasteiger partial charge on any atom is -0.493 e. The fourth-order valence-corrected chi connectivity index (χ4v) is 4.39. The van der Waals surface area contributed by atoms with E-state index in [0.717, 1.165) is 5.56 Å². The van der Waals surface area contributed by atoms with E-state index in [1.807, 2.05) is 42.5 Å². The van der Waals surface area contributed by atoms with Gasteiger partial charge < -0.3 is 49.7 Å². The van der Waals surface area contributed by atoms with Crippen LogP contribution in [0.25, 0.3) is 0 Å². The normalized spacial score (nSPS) is 10.6. The molecule has 1 amide bonds. The third kappa shape index (κ3) is 10.6. The quantitative estimate of drug-likeness (QED) is 0.102. The number of carbonyl (C=O) groups is 1. The molecule has 1 aromatic heterocycles. The minimum atomic E-state index is -0.129. The molecule has 47 heavy (non-hydrogen) atoms. The first kappa shape index (κ1) is 34.5. The Morgan fingerprint density at radius 1 is 0.638 bits per heavy atom. The van der Waals surface area contributed by atoms with Crippen molar-refractivity contribution in [3.8, 4) is 23.0 Å². The maximum Gasteiger partial charge on any atom is 0.251 e. The lowest BCUT2D eigenvalue weighted by Gasteiger charge is -2.15. The van der Waals surface area contributed by atoms with Crippen LogP contribution >= 0.6 is 0 Å². The van der Waals surface area contributed by atoms with Crippen LogP contribution in [-0.4, -0.2) is 88.8 Å². The molecule has 0 atom stereocenters. The predicted octanol–water partition coefficient (Wildman–Crippen LogP) is 4.14. The van der Waals surface area contributed by atoms with Crippen LogP contribution in [0, 0.1) is 0 Å². The molecular weight excluding hydrogens is 606 g/mol. The van der Waals surface area contributed by atoms with E-state index in [0.29, 0.717) is 98.2 Å². The average Bonchev–Trinajstić information content (AvgIpc) is 3.11. The van der Waals surface area contributed by atoms with Gasteiger partial charge in [-0.25, -0.2) is 0 Å². The number of carbonyl (C=O) groups excluding carboxylic acids is 1. The van der Waals surface area contributed by atoms with Crippen LogP contribution < -0.4 is 40.2 Å². The second-order valence-corrected chi connectivity index (χ2v) is 9.78. The molecule has 0 unspecified atom stereocenters. The van der Waals surface area contributed by atoms with E-state index < -0.39 is 0 Å². The number of benzene rings is 3. The van der Waals surface area contributed by atoms with Crippen LogP contribution in [0.2, 0.25) is 0 Å². The Bertz CT molecular complexity index is 1560. The Morgan fingerprint density at radius 3 is 2.02 bits per heavy atom. The molecular formula is C33H41N7O7. The van der Waals surface area contributed by atoms with E-state index in [1.54, 1.807) is 52.7 Å². The van der Waals surface area contributed by atoms with Crippen molar-refractivity contribution < 1.29 is 33.2 Å². The molecule has 0 spiro atoms. The molecule has 4 rings (SSSR count). The molecule has 0 radical (unpaired) electrons. The number of para-hydroxylation sites is 1. The van der Waals surface area contributed by atoms with Crippen molar-refractivity contribution in [1.29, 1.82) is 0 Å². The molecule has 14 heteroatoms. The summed E-state index contributed by atoms with van der Waals surface area (Å²) in [6.45, 7) is 2.80. The molecule has 0 saturated heterocycles. The number of ether oxygens (including phenoxy) is 6. The van der Waals surface area contributed by atoms with Gasteiger partial charge in [-0.05, 0) is 30.3 Å². The van der Waals surface area contributed by atoms with E-state index in [1.165, 1.54) is 0 Å². The summed E-state index contributed by atoms with van der Waals surface area (Å²) in [5, 5.41) is 12.5. The zero-order chi connectivity index (χ0) is 33.3. The number of aromatic nitrogens is 3. The Labute approximate surface area is 274 Å². The van der Waals surface area contributed by atoms with E-state index >= 15 is 0 Å². The number of anilines is 4. The van der Waals surface area contributed by atoms with Crippen LogP contribution in [-0.2, 0) is 16.0 Å².